The molecular formula is C20H26ClN8O15S-. The predicted molar refractivity (Wildman–Crippen MR) is 140 cm³/mol. The number of halogens is 1. The highest BCUT2D eigenvalue weighted by Gasteiger charge is 2.45. The lowest BCUT2D eigenvalue weighted by molar-refractivity contribution is -0.196. The van der Waals surface area contributed by atoms with Crippen LogP contribution in [0.1, 0.15) is 6.42 Å². The standard InChI is InChI=1S/C13H17N5O11S.C7H10ClN3O4/c19-1-3-27-12-15-11(16-13(17-12)28-4-2-20)14-6-9(22)29-18-8(21)5-7(10(18)23)30(24,25)26;8-5-9-6(14-3-1-12)11-7(10-5)15-4-2-13/h7,19-20H,1-6H2,(H,24,25,26)(H,14,15,16,17);12-13H,1-4H2/p-1. The lowest BCUT2D eigenvalue weighted by Crippen LogP contribution is -2.38. The number of hydrogen-bond donors (Lipinski definition) is 5. The summed E-state index contributed by atoms with van der Waals surface area (Å²) in [4.78, 5) is 62.1. The van der Waals surface area contributed by atoms with Gasteiger partial charge in [-0.05, 0) is 11.6 Å². The van der Waals surface area contributed by atoms with Crippen LogP contribution in [0.3, 0.4) is 0 Å². The zero-order valence-corrected chi connectivity index (χ0v) is 24.4. The average Bonchev–Trinajstić information content (AvgIpc) is 3.28. The lowest BCUT2D eigenvalue weighted by atomic mass is 10.4. The quantitative estimate of drug-likeness (QED) is 0.0772. The van der Waals surface area contributed by atoms with Crippen LogP contribution in [0.2, 0.25) is 5.28 Å². The van der Waals surface area contributed by atoms with E-state index in [4.69, 9.17) is 51.0 Å². The number of hydrogen-bond acceptors (Lipinski definition) is 22. The van der Waals surface area contributed by atoms with Crippen LogP contribution < -0.4 is 24.3 Å². The van der Waals surface area contributed by atoms with Gasteiger partial charge in [-0.15, -0.1) is 15.0 Å². The third-order valence-electron chi connectivity index (χ3n) is 4.45. The highest BCUT2D eigenvalue weighted by molar-refractivity contribution is 7.87. The molecule has 3 rings (SSSR count). The maximum atomic E-state index is 11.9. The van der Waals surface area contributed by atoms with Crippen molar-refractivity contribution in [3.8, 4) is 24.0 Å². The van der Waals surface area contributed by atoms with Crippen LogP contribution in [0.4, 0.5) is 5.95 Å². The Hall–Kier alpha value is -4.33. The number of aromatic nitrogens is 6. The van der Waals surface area contributed by atoms with E-state index < -0.39 is 46.1 Å². The number of aliphatic hydroxyl groups is 4. The number of rotatable bonds is 17. The molecule has 0 bridgehead atoms. The highest BCUT2D eigenvalue weighted by atomic mass is 35.5. The molecule has 1 fully saturated rings. The first kappa shape index (κ1) is 36.9. The summed E-state index contributed by atoms with van der Waals surface area (Å²) in [5.41, 5.74) is 0. The lowest BCUT2D eigenvalue weighted by Gasteiger charge is -2.15. The van der Waals surface area contributed by atoms with Gasteiger partial charge in [-0.2, -0.15) is 19.9 Å². The summed E-state index contributed by atoms with van der Waals surface area (Å²) in [6.07, 6.45) is -0.935. The Morgan fingerprint density at radius 1 is 0.822 bits per heavy atom. The molecule has 1 unspecified atom stereocenters. The van der Waals surface area contributed by atoms with Gasteiger partial charge in [-0.3, -0.25) is 9.59 Å². The molecule has 0 spiro atoms. The Labute approximate surface area is 257 Å². The third-order valence-corrected chi connectivity index (χ3v) is 5.68. The smallest absolute Gasteiger partial charge is 0.352 e. The fourth-order valence-electron chi connectivity index (χ4n) is 2.73. The number of aliphatic hydroxyl groups excluding tert-OH is 4. The Bertz CT molecular complexity index is 1350. The Balaban J connectivity index is 0.000000394. The van der Waals surface area contributed by atoms with Gasteiger partial charge >= 0.3 is 30.0 Å². The van der Waals surface area contributed by atoms with E-state index in [-0.39, 0.29) is 93.2 Å². The van der Waals surface area contributed by atoms with Gasteiger partial charge in [0, 0.05) is 0 Å². The van der Waals surface area contributed by atoms with Crippen LogP contribution in [0.5, 0.6) is 24.0 Å². The largest absolute Gasteiger partial charge is 0.747 e. The summed E-state index contributed by atoms with van der Waals surface area (Å²) in [5.74, 6) is -4.11. The molecule has 0 saturated carbocycles. The molecule has 0 aliphatic carbocycles. The Morgan fingerprint density at radius 3 is 1.62 bits per heavy atom. The van der Waals surface area contributed by atoms with Crippen molar-refractivity contribution in [2.45, 2.75) is 11.7 Å². The van der Waals surface area contributed by atoms with Gasteiger partial charge in [-0.25, -0.2) is 13.2 Å². The van der Waals surface area contributed by atoms with E-state index in [2.05, 4.69) is 40.1 Å². The Kier molecular flexibility index (Phi) is 15.1. The van der Waals surface area contributed by atoms with Crippen molar-refractivity contribution in [3.05, 3.63) is 5.28 Å². The van der Waals surface area contributed by atoms with E-state index in [0.29, 0.717) is 0 Å². The first-order valence-electron chi connectivity index (χ1n) is 12.3. The minimum Gasteiger partial charge on any atom is -0.747 e. The maximum absolute atomic E-state index is 11.9. The maximum Gasteiger partial charge on any atom is 0.352 e. The van der Waals surface area contributed by atoms with Crippen molar-refractivity contribution in [1.29, 1.82) is 0 Å². The molecule has 2 aromatic rings. The number of imide groups is 1. The minimum atomic E-state index is -5.09. The molecule has 1 saturated heterocycles. The molecule has 1 aliphatic heterocycles. The van der Waals surface area contributed by atoms with E-state index >= 15 is 0 Å². The second-order valence-corrected chi connectivity index (χ2v) is 9.60. The number of nitrogens with zero attached hydrogens (tertiary/aromatic N) is 7. The van der Waals surface area contributed by atoms with Crippen molar-refractivity contribution in [3.63, 3.8) is 0 Å². The number of carbonyl (C=O) groups excluding carboxylic acids is 3. The van der Waals surface area contributed by atoms with Crippen molar-refractivity contribution in [2.75, 3.05) is 64.7 Å². The molecule has 25 heteroatoms. The van der Waals surface area contributed by atoms with Crippen LogP contribution in [-0.4, -0.2) is 151 Å². The molecule has 250 valence electrons. The monoisotopic (exact) mass is 685 g/mol. The summed E-state index contributed by atoms with van der Waals surface area (Å²) in [6, 6.07) is -0.624. The molecule has 2 amide bonds. The van der Waals surface area contributed by atoms with Gasteiger partial charge in [0.1, 0.15) is 48.3 Å². The van der Waals surface area contributed by atoms with Gasteiger partial charge < -0.3 is 54.1 Å². The van der Waals surface area contributed by atoms with E-state index in [9.17, 15) is 27.4 Å². The molecule has 5 N–H and O–H groups in total. The summed E-state index contributed by atoms with van der Waals surface area (Å²) in [5, 5.41) is 34.6. The first-order valence-corrected chi connectivity index (χ1v) is 14.1. The zero-order chi connectivity index (χ0) is 33.4. The average molecular weight is 686 g/mol. The summed E-state index contributed by atoms with van der Waals surface area (Å²) < 4.78 is 52.7. The minimum absolute atomic E-state index is 0.0306. The fraction of sp³-hybridized carbons (Fsp3) is 0.550. The topological polar surface area (TPSA) is 328 Å². The normalized spacial score (nSPS) is 14.4. The van der Waals surface area contributed by atoms with Gasteiger partial charge in [0.05, 0.1) is 32.8 Å². The summed E-state index contributed by atoms with van der Waals surface area (Å²) in [7, 11) is -5.09. The van der Waals surface area contributed by atoms with E-state index in [1.165, 1.54) is 0 Å². The second-order valence-electron chi connectivity index (χ2n) is 7.71. The van der Waals surface area contributed by atoms with E-state index in [1.807, 2.05) is 0 Å². The number of amides is 2. The summed E-state index contributed by atoms with van der Waals surface area (Å²) >= 11 is 5.56. The molecule has 23 nitrogen and oxygen atoms in total. The number of ether oxygens (including phenoxy) is 4. The third kappa shape index (κ3) is 12.7. The molecular weight excluding hydrogens is 660 g/mol. The van der Waals surface area contributed by atoms with Crippen LogP contribution in [-0.2, 0) is 29.3 Å². The van der Waals surface area contributed by atoms with Gasteiger partial charge in [0.15, 0.2) is 0 Å². The second kappa shape index (κ2) is 18.5. The molecule has 0 radical (unpaired) electrons. The van der Waals surface area contributed by atoms with E-state index in [0.717, 1.165) is 0 Å². The number of anilines is 1. The molecule has 3 heterocycles. The van der Waals surface area contributed by atoms with Crippen LogP contribution >= 0.6 is 11.6 Å². The van der Waals surface area contributed by atoms with E-state index in [1.54, 1.807) is 0 Å². The van der Waals surface area contributed by atoms with Crippen molar-refractivity contribution in [2.24, 2.45) is 0 Å². The highest BCUT2D eigenvalue weighted by Crippen LogP contribution is 2.20. The Morgan fingerprint density at radius 2 is 1.24 bits per heavy atom. The zero-order valence-electron chi connectivity index (χ0n) is 22.8. The SMILES string of the molecule is O=C(CNc1nc(OCCO)nc(OCCO)n1)ON1C(=O)CC(S(=O)(=O)[O-])C1=O.OCCOc1nc(Cl)nc(OCCO)n1. The van der Waals surface area contributed by atoms with Gasteiger partial charge in [-0.1, -0.05) is 0 Å². The molecule has 0 aromatic carbocycles. The van der Waals surface area contributed by atoms with Gasteiger partial charge in [0.25, 0.3) is 11.8 Å². The fourth-order valence-corrected chi connectivity index (χ4v) is 3.56. The molecule has 2 aromatic heterocycles. The van der Waals surface area contributed by atoms with Crippen LogP contribution in [0.15, 0.2) is 0 Å². The van der Waals surface area contributed by atoms with Crippen LogP contribution in [0.25, 0.3) is 0 Å². The van der Waals surface area contributed by atoms with Crippen molar-refractivity contribution in [1.82, 2.24) is 35.0 Å². The summed E-state index contributed by atoms with van der Waals surface area (Å²) in [6.45, 7) is -1.90. The van der Waals surface area contributed by atoms with Gasteiger partial charge in [0.2, 0.25) is 11.2 Å². The predicted octanol–water partition coefficient (Wildman–Crippen LogP) is -4.58. The molecule has 1 atom stereocenters. The van der Waals surface area contributed by atoms with Crippen molar-refractivity contribution < 1.29 is 71.6 Å². The van der Waals surface area contributed by atoms with Crippen LogP contribution in [0, 0.1) is 0 Å². The molecule has 1 aliphatic rings. The first-order chi connectivity index (χ1) is 21.4. The number of hydroxylamine groups is 2. The van der Waals surface area contributed by atoms with Crippen molar-refractivity contribution >= 4 is 45.5 Å². The number of carbonyl (C=O) groups is 3. The number of nitrogens with one attached hydrogen (secondary N) is 1. The molecule has 45 heavy (non-hydrogen) atoms.